The highest BCUT2D eigenvalue weighted by molar-refractivity contribution is 6.17. The number of benzene rings is 6. The number of nitriles is 2. The molecule has 9 aromatic rings. The Kier molecular flexibility index (Phi) is 5.76. The van der Waals surface area contributed by atoms with Gasteiger partial charge in [-0.3, -0.25) is 0 Å². The summed E-state index contributed by atoms with van der Waals surface area (Å²) in [5.41, 5.74) is 12.6. The van der Waals surface area contributed by atoms with Crippen molar-refractivity contribution < 1.29 is 4.42 Å². The van der Waals surface area contributed by atoms with Crippen LogP contribution in [0.25, 0.3) is 77.7 Å². The number of para-hydroxylation sites is 3. The predicted octanol–water partition coefficient (Wildman–Crippen LogP) is 10.9. The molecule has 6 aromatic carbocycles. The van der Waals surface area contributed by atoms with E-state index in [-0.39, 0.29) is 0 Å². The van der Waals surface area contributed by atoms with Crippen molar-refractivity contribution in [1.82, 2.24) is 9.13 Å². The van der Waals surface area contributed by atoms with Crippen molar-refractivity contribution in [2.45, 2.75) is 12.8 Å². The molecule has 0 aliphatic heterocycles. The average Bonchev–Trinajstić information content (AvgIpc) is 3.82. The largest absolute Gasteiger partial charge is 0.454 e. The normalized spacial score (nSPS) is 12.8. The van der Waals surface area contributed by atoms with Gasteiger partial charge in [-0.05, 0) is 85.2 Å². The lowest BCUT2D eigenvalue weighted by Gasteiger charge is -2.21. The maximum atomic E-state index is 10.5. The van der Waals surface area contributed by atoms with Crippen molar-refractivity contribution in [1.29, 1.82) is 10.5 Å². The molecule has 0 N–H and O–H groups in total. The molecule has 0 bridgehead atoms. The molecular weight excluding hydrogens is 601 g/mol. The van der Waals surface area contributed by atoms with Crippen LogP contribution in [0.2, 0.25) is 0 Å². The molecule has 1 aliphatic carbocycles. The predicted molar refractivity (Wildman–Crippen MR) is 197 cm³/mol. The van der Waals surface area contributed by atoms with E-state index >= 15 is 0 Å². The zero-order valence-electron chi connectivity index (χ0n) is 26.3. The molecule has 3 aromatic heterocycles. The Morgan fingerprint density at radius 3 is 2.22 bits per heavy atom. The summed E-state index contributed by atoms with van der Waals surface area (Å²) in [4.78, 5) is 0. The Labute approximate surface area is 281 Å². The lowest BCUT2D eigenvalue weighted by Crippen LogP contribution is -2.08. The van der Waals surface area contributed by atoms with E-state index in [4.69, 9.17) is 4.42 Å². The molecule has 228 valence electrons. The maximum absolute atomic E-state index is 10.5. The minimum Gasteiger partial charge on any atom is -0.454 e. The quantitative estimate of drug-likeness (QED) is 0.196. The second-order valence-corrected chi connectivity index (χ2v) is 12.6. The van der Waals surface area contributed by atoms with Gasteiger partial charge in [0.15, 0.2) is 5.58 Å². The van der Waals surface area contributed by atoms with Crippen molar-refractivity contribution in [2.24, 2.45) is 0 Å². The number of aromatic nitrogens is 2. The summed E-state index contributed by atoms with van der Waals surface area (Å²) in [5.74, 6) is 0. The molecule has 0 unspecified atom stereocenters. The fraction of sp³-hybridized carbons (Fsp3) is 0.0455. The Morgan fingerprint density at radius 2 is 1.37 bits per heavy atom. The summed E-state index contributed by atoms with van der Waals surface area (Å²) in [6.45, 7) is 0. The van der Waals surface area contributed by atoms with Gasteiger partial charge in [0.05, 0.1) is 45.5 Å². The van der Waals surface area contributed by atoms with E-state index in [1.54, 1.807) is 0 Å². The smallest absolute Gasteiger partial charge is 0.160 e. The lowest BCUT2D eigenvalue weighted by atomic mass is 9.88. The molecule has 3 heterocycles. The number of hydrogen-bond acceptors (Lipinski definition) is 3. The highest BCUT2D eigenvalue weighted by Gasteiger charge is 2.27. The second kappa shape index (κ2) is 10.3. The van der Waals surface area contributed by atoms with Crippen molar-refractivity contribution in [3.05, 3.63) is 155 Å². The van der Waals surface area contributed by atoms with Crippen molar-refractivity contribution >= 4 is 66.3 Å². The zero-order chi connectivity index (χ0) is 32.6. The zero-order valence-corrected chi connectivity index (χ0v) is 26.3. The van der Waals surface area contributed by atoms with E-state index in [0.717, 1.165) is 95.6 Å². The number of nitrogens with zero attached hydrogens (tertiary/aromatic N) is 4. The highest BCUT2D eigenvalue weighted by atomic mass is 16.3. The van der Waals surface area contributed by atoms with Crippen LogP contribution < -0.4 is 0 Å². The molecule has 1 aliphatic rings. The fourth-order valence-electron chi connectivity index (χ4n) is 8.05. The van der Waals surface area contributed by atoms with Gasteiger partial charge in [-0.1, -0.05) is 66.7 Å². The van der Waals surface area contributed by atoms with Crippen LogP contribution in [0.15, 0.2) is 132 Å². The summed E-state index contributed by atoms with van der Waals surface area (Å²) in [6.07, 6.45) is 3.86. The molecule has 0 spiro atoms. The minimum absolute atomic E-state index is 0.622. The van der Waals surface area contributed by atoms with Gasteiger partial charge >= 0.3 is 0 Å². The second-order valence-electron chi connectivity index (χ2n) is 12.6. The van der Waals surface area contributed by atoms with Crippen molar-refractivity contribution in [2.75, 3.05) is 0 Å². The van der Waals surface area contributed by atoms with Gasteiger partial charge in [-0.2, -0.15) is 10.5 Å². The molecule has 5 nitrogen and oxygen atoms in total. The van der Waals surface area contributed by atoms with E-state index in [9.17, 15) is 10.5 Å². The van der Waals surface area contributed by atoms with E-state index in [2.05, 4.69) is 94.1 Å². The van der Waals surface area contributed by atoms with Crippen molar-refractivity contribution in [3.63, 3.8) is 0 Å². The molecular formula is C44H26N4O. The standard InChI is InChI=1S/C44H26N4O/c45-25-27-17-21-39-35(23-27)31-12-4-6-14-37(31)48(39)40-15-8-9-29(26-46)42(40)28-18-22-38-36(24-28)33-19-20-34-32-13-5-7-16-41(32)49-44(34)43(33)47(38)30-10-2-1-3-11-30/h1-17,19-21,23-24H,18,22H2. The van der Waals surface area contributed by atoms with Crippen LogP contribution in [0.5, 0.6) is 0 Å². The van der Waals surface area contributed by atoms with Crippen LogP contribution in [0.4, 0.5) is 0 Å². The van der Waals surface area contributed by atoms with Crippen LogP contribution in [0.1, 0.15) is 34.4 Å². The molecule has 0 fully saturated rings. The van der Waals surface area contributed by atoms with Crippen LogP contribution in [-0.4, -0.2) is 9.13 Å². The first-order valence-corrected chi connectivity index (χ1v) is 16.4. The van der Waals surface area contributed by atoms with Gasteiger partial charge in [0, 0.05) is 49.4 Å². The average molecular weight is 627 g/mol. The summed E-state index contributed by atoms with van der Waals surface area (Å²) < 4.78 is 11.2. The molecule has 5 heteroatoms. The van der Waals surface area contributed by atoms with Crippen LogP contribution in [-0.2, 0) is 6.42 Å². The van der Waals surface area contributed by atoms with E-state index < -0.39 is 0 Å². The molecule has 0 radical (unpaired) electrons. The van der Waals surface area contributed by atoms with Crippen LogP contribution in [0.3, 0.4) is 0 Å². The van der Waals surface area contributed by atoms with Gasteiger partial charge in [-0.15, -0.1) is 0 Å². The summed E-state index contributed by atoms with van der Waals surface area (Å²) in [5, 5.41) is 25.6. The van der Waals surface area contributed by atoms with E-state index in [1.807, 2.05) is 60.7 Å². The number of rotatable bonds is 3. The van der Waals surface area contributed by atoms with Crippen LogP contribution >= 0.6 is 0 Å². The van der Waals surface area contributed by atoms with Gasteiger partial charge < -0.3 is 13.6 Å². The fourth-order valence-corrected chi connectivity index (χ4v) is 8.05. The SMILES string of the molecule is N#Cc1ccc2c(c1)c1ccccc1n2-c1cccc(C#N)c1C1=Cc2c(n(-c3ccccc3)c3c2ccc2c4ccccc4oc23)CC1. The molecule has 0 saturated heterocycles. The number of furan rings is 1. The molecule has 10 rings (SSSR count). The van der Waals surface area contributed by atoms with Crippen molar-refractivity contribution in [3.8, 4) is 23.5 Å². The molecule has 0 atom stereocenters. The van der Waals surface area contributed by atoms with Crippen LogP contribution in [0, 0.1) is 22.7 Å². The van der Waals surface area contributed by atoms with E-state index in [0.29, 0.717) is 11.1 Å². The Bertz CT molecular complexity index is 2960. The molecule has 0 saturated carbocycles. The summed E-state index contributed by atoms with van der Waals surface area (Å²) in [6, 6.07) is 48.1. The lowest BCUT2D eigenvalue weighted by molar-refractivity contribution is 0.670. The van der Waals surface area contributed by atoms with Gasteiger partial charge in [0.25, 0.3) is 0 Å². The summed E-state index contributed by atoms with van der Waals surface area (Å²) >= 11 is 0. The third-order valence-electron chi connectivity index (χ3n) is 10.1. The van der Waals surface area contributed by atoms with Gasteiger partial charge in [0.2, 0.25) is 0 Å². The number of allylic oxidation sites excluding steroid dienone is 1. The first-order valence-electron chi connectivity index (χ1n) is 16.4. The Morgan fingerprint density at radius 1 is 0.592 bits per heavy atom. The molecule has 0 amide bonds. The first-order chi connectivity index (χ1) is 24.2. The monoisotopic (exact) mass is 626 g/mol. The third kappa shape index (κ3) is 3.85. The summed E-state index contributed by atoms with van der Waals surface area (Å²) in [7, 11) is 0. The topological polar surface area (TPSA) is 70.6 Å². The van der Waals surface area contributed by atoms with Gasteiger partial charge in [-0.25, -0.2) is 0 Å². The maximum Gasteiger partial charge on any atom is 0.160 e. The number of hydrogen-bond donors (Lipinski definition) is 0. The molecule has 49 heavy (non-hydrogen) atoms. The minimum atomic E-state index is 0.622. The van der Waals surface area contributed by atoms with Gasteiger partial charge in [0.1, 0.15) is 5.58 Å². The number of fused-ring (bicyclic) bond motifs is 10. The third-order valence-corrected chi connectivity index (χ3v) is 10.1. The van der Waals surface area contributed by atoms with E-state index in [1.165, 1.54) is 5.69 Å². The highest BCUT2D eigenvalue weighted by Crippen LogP contribution is 2.45. The Balaban J connectivity index is 1.27. The first kappa shape index (κ1) is 27.3. The Hall–Kier alpha value is -6.82.